The third-order valence-corrected chi connectivity index (χ3v) is 6.49. The van der Waals surface area contributed by atoms with Gasteiger partial charge in [0.1, 0.15) is 12.1 Å². The second kappa shape index (κ2) is 4.72. The van der Waals surface area contributed by atoms with Gasteiger partial charge in [0.15, 0.2) is 9.84 Å². The smallest absolute Gasteiger partial charge is 0.246 e. The van der Waals surface area contributed by atoms with Gasteiger partial charge < -0.3 is 9.80 Å². The molecule has 3 unspecified atom stereocenters. The zero-order chi connectivity index (χ0) is 14.5. The average Bonchev–Trinajstić information content (AvgIpc) is 2.85. The normalized spacial score (nSPS) is 37.1. The molecule has 112 valence electrons. The van der Waals surface area contributed by atoms with Crippen molar-refractivity contribution in [3.8, 4) is 0 Å². The van der Waals surface area contributed by atoms with E-state index in [1.165, 1.54) is 0 Å². The van der Waals surface area contributed by atoms with Crippen LogP contribution >= 0.6 is 0 Å². The Morgan fingerprint density at radius 1 is 1.10 bits per heavy atom. The number of nitrogens with zero attached hydrogens (tertiary/aromatic N) is 2. The van der Waals surface area contributed by atoms with Gasteiger partial charge in [0, 0.05) is 12.6 Å². The van der Waals surface area contributed by atoms with Gasteiger partial charge in [-0.3, -0.25) is 9.59 Å². The van der Waals surface area contributed by atoms with Gasteiger partial charge >= 0.3 is 0 Å². The fourth-order valence-corrected chi connectivity index (χ4v) is 5.41. The number of amides is 2. The van der Waals surface area contributed by atoms with Crippen molar-refractivity contribution < 1.29 is 18.0 Å². The fraction of sp³-hybridized carbons (Fsp3) is 0.846. The van der Waals surface area contributed by atoms with Gasteiger partial charge in [-0.1, -0.05) is 0 Å². The Bertz CT molecular complexity index is 545. The van der Waals surface area contributed by atoms with Gasteiger partial charge in [0.2, 0.25) is 11.8 Å². The SMILES string of the molecule is CC1C(=O)N2CCCC2C(=O)N1C1CCCS(=O)(=O)C1. The highest BCUT2D eigenvalue weighted by Crippen LogP contribution is 2.30. The van der Waals surface area contributed by atoms with Crippen molar-refractivity contribution in [3.63, 3.8) is 0 Å². The van der Waals surface area contributed by atoms with E-state index in [0.29, 0.717) is 25.8 Å². The van der Waals surface area contributed by atoms with E-state index in [2.05, 4.69) is 0 Å². The van der Waals surface area contributed by atoms with Crippen LogP contribution in [0.4, 0.5) is 0 Å². The van der Waals surface area contributed by atoms with E-state index in [1.54, 1.807) is 16.7 Å². The molecule has 3 saturated heterocycles. The molecule has 0 aromatic rings. The first-order valence-electron chi connectivity index (χ1n) is 7.24. The molecule has 0 spiro atoms. The molecule has 0 N–H and O–H groups in total. The maximum Gasteiger partial charge on any atom is 0.246 e. The number of piperazine rings is 1. The molecule has 7 heteroatoms. The Morgan fingerprint density at radius 3 is 2.55 bits per heavy atom. The van der Waals surface area contributed by atoms with Crippen LogP contribution in [0.15, 0.2) is 0 Å². The number of sulfone groups is 1. The summed E-state index contributed by atoms with van der Waals surface area (Å²) in [6.45, 7) is 2.37. The molecule has 0 bridgehead atoms. The molecule has 6 nitrogen and oxygen atoms in total. The molecular weight excluding hydrogens is 280 g/mol. The van der Waals surface area contributed by atoms with Crippen LogP contribution in [0.5, 0.6) is 0 Å². The van der Waals surface area contributed by atoms with E-state index >= 15 is 0 Å². The van der Waals surface area contributed by atoms with Crippen LogP contribution in [0.25, 0.3) is 0 Å². The van der Waals surface area contributed by atoms with Crippen molar-refractivity contribution >= 4 is 21.7 Å². The van der Waals surface area contributed by atoms with E-state index < -0.39 is 15.9 Å². The van der Waals surface area contributed by atoms with E-state index in [1.807, 2.05) is 0 Å². The molecule has 3 heterocycles. The fourth-order valence-electron chi connectivity index (χ4n) is 3.72. The van der Waals surface area contributed by atoms with Gasteiger partial charge in [-0.2, -0.15) is 0 Å². The molecule has 20 heavy (non-hydrogen) atoms. The molecule has 3 aliphatic rings. The minimum absolute atomic E-state index is 0.00306. The second-order valence-corrected chi connectivity index (χ2v) is 8.25. The summed E-state index contributed by atoms with van der Waals surface area (Å²) in [6.07, 6.45) is 2.81. The molecule has 0 saturated carbocycles. The molecule has 3 atom stereocenters. The summed E-state index contributed by atoms with van der Waals surface area (Å²) in [6, 6.07) is -1.22. The van der Waals surface area contributed by atoms with Gasteiger partial charge in [-0.15, -0.1) is 0 Å². The monoisotopic (exact) mass is 300 g/mol. The van der Waals surface area contributed by atoms with Crippen LogP contribution in [-0.2, 0) is 19.4 Å². The first-order valence-corrected chi connectivity index (χ1v) is 9.06. The highest BCUT2D eigenvalue weighted by Gasteiger charge is 2.49. The predicted octanol–water partition coefficient (Wildman–Crippen LogP) is -0.215. The Hall–Kier alpha value is -1.11. The summed E-state index contributed by atoms with van der Waals surface area (Å²) in [4.78, 5) is 28.2. The number of carbonyl (C=O) groups excluding carboxylic acids is 2. The average molecular weight is 300 g/mol. The molecule has 3 rings (SSSR count). The number of carbonyl (C=O) groups is 2. The lowest BCUT2D eigenvalue weighted by molar-refractivity contribution is -0.161. The third-order valence-electron chi connectivity index (χ3n) is 4.68. The minimum Gasteiger partial charge on any atom is -0.329 e. The van der Waals surface area contributed by atoms with Gasteiger partial charge in [-0.05, 0) is 32.6 Å². The Labute approximate surface area is 119 Å². The summed E-state index contributed by atoms with van der Waals surface area (Å²) < 4.78 is 23.6. The Balaban J connectivity index is 1.88. The van der Waals surface area contributed by atoms with Crippen molar-refractivity contribution in [1.82, 2.24) is 9.80 Å². The Morgan fingerprint density at radius 2 is 1.85 bits per heavy atom. The van der Waals surface area contributed by atoms with Gasteiger partial charge in [-0.25, -0.2) is 8.42 Å². The van der Waals surface area contributed by atoms with Crippen molar-refractivity contribution in [2.45, 2.75) is 50.7 Å². The maximum absolute atomic E-state index is 12.6. The van der Waals surface area contributed by atoms with E-state index in [4.69, 9.17) is 0 Å². The summed E-state index contributed by atoms with van der Waals surface area (Å²) in [7, 11) is -3.09. The predicted molar refractivity (Wildman–Crippen MR) is 72.7 cm³/mol. The van der Waals surface area contributed by atoms with Gasteiger partial charge in [0.25, 0.3) is 0 Å². The maximum atomic E-state index is 12.6. The molecule has 3 fully saturated rings. The second-order valence-electron chi connectivity index (χ2n) is 6.02. The van der Waals surface area contributed by atoms with Crippen molar-refractivity contribution in [1.29, 1.82) is 0 Å². The molecule has 0 radical (unpaired) electrons. The molecule has 3 aliphatic heterocycles. The van der Waals surface area contributed by atoms with E-state index in [-0.39, 0.29) is 35.4 Å². The standard InChI is InChI=1S/C13H20N2O4S/c1-9-12(16)14-6-2-5-11(14)13(17)15(9)10-4-3-7-20(18,19)8-10/h9-11H,2-8H2,1H3. The summed E-state index contributed by atoms with van der Waals surface area (Å²) in [5.74, 6) is 0.110. The van der Waals surface area contributed by atoms with Gasteiger partial charge in [0.05, 0.1) is 11.5 Å². The Kier molecular flexibility index (Phi) is 3.27. The van der Waals surface area contributed by atoms with Crippen LogP contribution in [0.2, 0.25) is 0 Å². The van der Waals surface area contributed by atoms with Crippen molar-refractivity contribution in [3.05, 3.63) is 0 Å². The summed E-state index contributed by atoms with van der Waals surface area (Å²) in [5, 5.41) is 0. The molecule has 0 aromatic carbocycles. The number of fused-ring (bicyclic) bond motifs is 1. The lowest BCUT2D eigenvalue weighted by atomic mass is 10.0. The highest BCUT2D eigenvalue weighted by molar-refractivity contribution is 7.91. The topological polar surface area (TPSA) is 74.8 Å². The summed E-state index contributed by atoms with van der Waals surface area (Å²) in [5.41, 5.74) is 0. The zero-order valence-corrected chi connectivity index (χ0v) is 12.4. The van der Waals surface area contributed by atoms with Crippen LogP contribution in [0.3, 0.4) is 0 Å². The lowest BCUT2D eigenvalue weighted by Gasteiger charge is -2.45. The van der Waals surface area contributed by atoms with Crippen molar-refractivity contribution in [2.75, 3.05) is 18.1 Å². The zero-order valence-electron chi connectivity index (χ0n) is 11.6. The van der Waals surface area contributed by atoms with Crippen LogP contribution in [0, 0.1) is 0 Å². The first kappa shape index (κ1) is 13.9. The van der Waals surface area contributed by atoms with Crippen molar-refractivity contribution in [2.24, 2.45) is 0 Å². The highest BCUT2D eigenvalue weighted by atomic mass is 32.2. The molecule has 0 aliphatic carbocycles. The quantitative estimate of drug-likeness (QED) is 0.671. The number of hydrogen-bond acceptors (Lipinski definition) is 4. The summed E-state index contributed by atoms with van der Waals surface area (Å²) >= 11 is 0. The minimum atomic E-state index is -3.09. The van der Waals surface area contributed by atoms with Crippen LogP contribution in [0.1, 0.15) is 32.6 Å². The molecule has 2 amide bonds. The van der Waals surface area contributed by atoms with Crippen LogP contribution < -0.4 is 0 Å². The van der Waals surface area contributed by atoms with Crippen LogP contribution in [-0.4, -0.2) is 66.2 Å². The number of rotatable bonds is 1. The van der Waals surface area contributed by atoms with E-state index in [9.17, 15) is 18.0 Å². The first-order chi connectivity index (χ1) is 9.41. The lowest BCUT2D eigenvalue weighted by Crippen LogP contribution is -2.65. The van der Waals surface area contributed by atoms with E-state index in [0.717, 1.165) is 6.42 Å². The molecular formula is C13H20N2O4S. The largest absolute Gasteiger partial charge is 0.329 e. The molecule has 0 aromatic heterocycles. The number of hydrogen-bond donors (Lipinski definition) is 0. The third kappa shape index (κ3) is 2.12.